The molecule has 7 heteroatoms. The Labute approximate surface area is 147 Å². The summed E-state index contributed by atoms with van der Waals surface area (Å²) in [6.45, 7) is 0.165. The lowest BCUT2D eigenvalue weighted by Gasteiger charge is -2.15. The van der Waals surface area contributed by atoms with E-state index in [0.717, 1.165) is 5.56 Å². The number of aliphatic carboxylic acids is 1. The average Bonchev–Trinajstić information content (AvgIpc) is 3.18. The van der Waals surface area contributed by atoms with E-state index < -0.39 is 11.9 Å². The van der Waals surface area contributed by atoms with E-state index >= 15 is 0 Å². The number of aromatic nitrogens is 1. The summed E-state index contributed by atoms with van der Waals surface area (Å²) in [5, 5.41) is 9.73. The van der Waals surface area contributed by atoms with Gasteiger partial charge in [-0.05, 0) is 36.4 Å². The van der Waals surface area contributed by atoms with Crippen molar-refractivity contribution in [2.75, 3.05) is 11.4 Å². The fraction of sp³-hybridized carbons (Fsp3) is 0.167. The number of anilines is 1. The number of hydrogen-bond donors (Lipinski definition) is 1. The SMILES string of the molecule is O=C(O)C1CC(=O)N(c2ccc3nc(-c4ccc(Cl)cc4)oc3c2)C1. The van der Waals surface area contributed by atoms with E-state index in [9.17, 15) is 9.59 Å². The van der Waals surface area contributed by atoms with Crippen LogP contribution in [0, 0.1) is 5.92 Å². The summed E-state index contributed by atoms with van der Waals surface area (Å²) in [5.74, 6) is -1.38. The quantitative estimate of drug-likeness (QED) is 0.775. The van der Waals surface area contributed by atoms with Gasteiger partial charge in [0.05, 0.1) is 5.92 Å². The summed E-state index contributed by atoms with van der Waals surface area (Å²) in [4.78, 5) is 29.1. The van der Waals surface area contributed by atoms with Gasteiger partial charge < -0.3 is 14.4 Å². The van der Waals surface area contributed by atoms with E-state index in [1.165, 1.54) is 4.90 Å². The van der Waals surface area contributed by atoms with Crippen molar-refractivity contribution in [3.8, 4) is 11.5 Å². The van der Waals surface area contributed by atoms with E-state index in [2.05, 4.69) is 4.98 Å². The molecule has 2 heterocycles. The third-order valence-corrected chi connectivity index (χ3v) is 4.50. The molecule has 1 fully saturated rings. The lowest BCUT2D eigenvalue weighted by molar-refractivity contribution is -0.141. The summed E-state index contributed by atoms with van der Waals surface area (Å²) in [7, 11) is 0. The molecule has 0 aliphatic carbocycles. The molecule has 1 atom stereocenters. The Morgan fingerprint density at radius 3 is 2.68 bits per heavy atom. The number of fused-ring (bicyclic) bond motifs is 1. The van der Waals surface area contributed by atoms with E-state index in [-0.39, 0.29) is 18.9 Å². The van der Waals surface area contributed by atoms with Gasteiger partial charge in [-0.2, -0.15) is 0 Å². The van der Waals surface area contributed by atoms with Crippen LogP contribution in [0.4, 0.5) is 5.69 Å². The van der Waals surface area contributed by atoms with Crippen LogP contribution in [-0.2, 0) is 9.59 Å². The second kappa shape index (κ2) is 5.89. The van der Waals surface area contributed by atoms with Gasteiger partial charge in [0.1, 0.15) is 5.52 Å². The van der Waals surface area contributed by atoms with Crippen molar-refractivity contribution >= 4 is 40.3 Å². The fourth-order valence-electron chi connectivity index (χ4n) is 2.92. The minimum atomic E-state index is -0.957. The zero-order valence-corrected chi connectivity index (χ0v) is 13.7. The first-order chi connectivity index (χ1) is 12.0. The zero-order chi connectivity index (χ0) is 17.6. The second-order valence-electron chi connectivity index (χ2n) is 5.92. The number of hydrogen-bond acceptors (Lipinski definition) is 4. The number of halogens is 1. The number of carbonyl (C=O) groups excluding carboxylic acids is 1. The molecule has 0 saturated carbocycles. The van der Waals surface area contributed by atoms with Crippen LogP contribution >= 0.6 is 11.6 Å². The molecule has 4 rings (SSSR count). The number of carboxylic acids is 1. The highest BCUT2D eigenvalue weighted by atomic mass is 35.5. The topological polar surface area (TPSA) is 83.6 Å². The predicted octanol–water partition coefficient (Wildman–Crippen LogP) is 3.59. The van der Waals surface area contributed by atoms with Crippen LogP contribution in [0.1, 0.15) is 6.42 Å². The first-order valence-corrected chi connectivity index (χ1v) is 8.09. The molecule has 6 nitrogen and oxygen atoms in total. The van der Waals surface area contributed by atoms with Crippen molar-refractivity contribution in [2.45, 2.75) is 6.42 Å². The van der Waals surface area contributed by atoms with Gasteiger partial charge in [-0.25, -0.2) is 4.98 Å². The standard InChI is InChI=1S/C18H13ClN2O4/c19-12-3-1-10(2-4-12)17-20-14-6-5-13(8-15(14)25-17)21-9-11(18(23)24)7-16(21)22/h1-6,8,11H,7,9H2,(H,23,24). The normalized spacial score (nSPS) is 17.4. The van der Waals surface area contributed by atoms with Gasteiger partial charge in [-0.1, -0.05) is 11.6 Å². The van der Waals surface area contributed by atoms with Gasteiger partial charge in [0.2, 0.25) is 11.8 Å². The molecule has 0 spiro atoms. The van der Waals surface area contributed by atoms with Crippen molar-refractivity contribution in [3.05, 3.63) is 47.5 Å². The molecule has 1 unspecified atom stereocenters. The molecule has 25 heavy (non-hydrogen) atoms. The Balaban J connectivity index is 1.68. The monoisotopic (exact) mass is 356 g/mol. The van der Waals surface area contributed by atoms with Crippen molar-refractivity contribution in [2.24, 2.45) is 5.92 Å². The van der Waals surface area contributed by atoms with Crippen molar-refractivity contribution in [1.29, 1.82) is 0 Å². The maximum atomic E-state index is 12.1. The first kappa shape index (κ1) is 15.7. The number of oxazole rings is 1. The zero-order valence-electron chi connectivity index (χ0n) is 13.0. The van der Waals surface area contributed by atoms with Crippen molar-refractivity contribution in [3.63, 3.8) is 0 Å². The maximum Gasteiger partial charge on any atom is 0.308 e. The number of carboxylic acid groups (broad SMARTS) is 1. The van der Waals surface area contributed by atoms with Crippen LogP contribution in [-0.4, -0.2) is 28.5 Å². The third-order valence-electron chi connectivity index (χ3n) is 4.25. The van der Waals surface area contributed by atoms with Gasteiger partial charge in [-0.15, -0.1) is 0 Å². The minimum absolute atomic E-state index is 0.0137. The van der Waals surface area contributed by atoms with Crippen LogP contribution in [0.25, 0.3) is 22.6 Å². The fourth-order valence-corrected chi connectivity index (χ4v) is 3.05. The summed E-state index contributed by atoms with van der Waals surface area (Å²) < 4.78 is 5.80. The molecule has 0 radical (unpaired) electrons. The van der Waals surface area contributed by atoms with E-state index in [4.69, 9.17) is 21.1 Å². The molecule has 1 aliphatic rings. The highest BCUT2D eigenvalue weighted by Gasteiger charge is 2.35. The summed E-state index contributed by atoms with van der Waals surface area (Å²) in [6.07, 6.45) is 0.0137. The number of rotatable bonds is 3. The van der Waals surface area contributed by atoms with Gasteiger partial charge in [-0.3, -0.25) is 9.59 Å². The minimum Gasteiger partial charge on any atom is -0.481 e. The Bertz CT molecular complexity index is 980. The van der Waals surface area contributed by atoms with Crippen LogP contribution in [0.5, 0.6) is 0 Å². The Kier molecular flexibility index (Phi) is 3.69. The van der Waals surface area contributed by atoms with E-state index in [1.807, 2.05) is 12.1 Å². The molecule has 1 aromatic heterocycles. The second-order valence-corrected chi connectivity index (χ2v) is 6.36. The molecule has 1 aliphatic heterocycles. The Hall–Kier alpha value is -2.86. The van der Waals surface area contributed by atoms with Crippen LogP contribution < -0.4 is 4.90 Å². The number of nitrogens with zero attached hydrogens (tertiary/aromatic N) is 2. The molecule has 1 N–H and O–H groups in total. The van der Waals surface area contributed by atoms with Gasteiger partial charge in [0, 0.05) is 35.3 Å². The smallest absolute Gasteiger partial charge is 0.308 e. The van der Waals surface area contributed by atoms with E-state index in [0.29, 0.717) is 27.7 Å². The number of benzene rings is 2. The Morgan fingerprint density at radius 1 is 1.24 bits per heavy atom. The first-order valence-electron chi connectivity index (χ1n) is 7.71. The summed E-state index contributed by atoms with van der Waals surface area (Å²) >= 11 is 5.89. The molecular formula is C18H13ClN2O4. The predicted molar refractivity (Wildman–Crippen MR) is 92.6 cm³/mol. The average molecular weight is 357 g/mol. The largest absolute Gasteiger partial charge is 0.481 e. The van der Waals surface area contributed by atoms with Gasteiger partial charge in [0.25, 0.3) is 0 Å². The third kappa shape index (κ3) is 2.85. The molecule has 3 aromatic rings. The van der Waals surface area contributed by atoms with Crippen molar-refractivity contribution in [1.82, 2.24) is 4.98 Å². The van der Waals surface area contributed by atoms with E-state index in [1.54, 1.807) is 30.3 Å². The summed E-state index contributed by atoms with van der Waals surface area (Å²) in [6, 6.07) is 12.4. The molecular weight excluding hydrogens is 344 g/mol. The molecule has 0 bridgehead atoms. The number of carbonyl (C=O) groups is 2. The maximum absolute atomic E-state index is 12.1. The van der Waals surface area contributed by atoms with Crippen LogP contribution in [0.15, 0.2) is 46.9 Å². The van der Waals surface area contributed by atoms with Crippen molar-refractivity contribution < 1.29 is 19.1 Å². The lowest BCUT2D eigenvalue weighted by atomic mass is 10.1. The highest BCUT2D eigenvalue weighted by Crippen LogP contribution is 2.31. The highest BCUT2D eigenvalue weighted by molar-refractivity contribution is 6.30. The lowest BCUT2D eigenvalue weighted by Crippen LogP contribution is -2.25. The van der Waals surface area contributed by atoms with Gasteiger partial charge in [0.15, 0.2) is 5.58 Å². The van der Waals surface area contributed by atoms with Crippen LogP contribution in [0.3, 0.4) is 0 Å². The number of amides is 1. The molecule has 126 valence electrons. The molecule has 1 amide bonds. The molecule has 2 aromatic carbocycles. The van der Waals surface area contributed by atoms with Crippen LogP contribution in [0.2, 0.25) is 5.02 Å². The summed E-state index contributed by atoms with van der Waals surface area (Å²) in [5.41, 5.74) is 2.61. The van der Waals surface area contributed by atoms with Gasteiger partial charge >= 0.3 is 5.97 Å². The Morgan fingerprint density at radius 2 is 2.00 bits per heavy atom. The molecule has 1 saturated heterocycles.